The van der Waals surface area contributed by atoms with E-state index >= 15 is 0 Å². The predicted molar refractivity (Wildman–Crippen MR) is 117 cm³/mol. The van der Waals surface area contributed by atoms with Crippen LogP contribution in [0.15, 0.2) is 36.9 Å². The zero-order chi connectivity index (χ0) is 18.6. The van der Waals surface area contributed by atoms with Gasteiger partial charge in [-0.25, -0.2) is 9.97 Å². The van der Waals surface area contributed by atoms with Crippen LogP contribution in [-0.2, 0) is 11.3 Å². The molecular weight excluding hydrogens is 392 g/mol. The molecule has 0 radical (unpaired) electrons. The van der Waals surface area contributed by atoms with Crippen molar-refractivity contribution in [2.75, 3.05) is 11.4 Å². The Kier molecular flexibility index (Phi) is 7.08. The average Bonchev–Trinajstić information content (AvgIpc) is 3.34. The summed E-state index contributed by atoms with van der Waals surface area (Å²) in [6.45, 7) is 3.65. The monoisotopic (exact) mass is 418 g/mol. The van der Waals surface area contributed by atoms with Crippen LogP contribution in [0.5, 0.6) is 0 Å². The number of benzene rings is 1. The molecule has 1 aliphatic rings. The van der Waals surface area contributed by atoms with Gasteiger partial charge in [0.1, 0.15) is 0 Å². The number of hydrogen-bond donors (Lipinski definition) is 0. The van der Waals surface area contributed by atoms with Gasteiger partial charge in [0.25, 0.3) is 0 Å². The fourth-order valence-electron chi connectivity index (χ4n) is 3.84. The number of thiazole rings is 1. The quantitative estimate of drug-likeness (QED) is 0.550. The van der Waals surface area contributed by atoms with Crippen molar-refractivity contribution in [2.24, 2.45) is 5.92 Å². The number of hydrogen-bond acceptors (Lipinski definition) is 4. The first kappa shape index (κ1) is 20.8. The minimum absolute atomic E-state index is 0. The van der Waals surface area contributed by atoms with Crippen molar-refractivity contribution in [1.29, 1.82) is 0 Å². The minimum atomic E-state index is 0. The van der Waals surface area contributed by atoms with Crippen LogP contribution < -0.4 is 4.90 Å². The SMILES string of the molecule is Cc1ccc2nc(N(CCCn3ccnc3)C(=O)C3CCCCC3)sc2c1.Cl. The van der Waals surface area contributed by atoms with Crippen LogP contribution in [0.1, 0.15) is 44.1 Å². The Labute approximate surface area is 176 Å². The van der Waals surface area contributed by atoms with Crippen molar-refractivity contribution < 1.29 is 4.79 Å². The Morgan fingerprint density at radius 1 is 1.29 bits per heavy atom. The highest BCUT2D eigenvalue weighted by atomic mass is 35.5. The molecule has 0 aliphatic heterocycles. The van der Waals surface area contributed by atoms with E-state index in [2.05, 4.69) is 34.7 Å². The molecule has 150 valence electrons. The Hall–Kier alpha value is -1.92. The first-order chi connectivity index (χ1) is 13.2. The summed E-state index contributed by atoms with van der Waals surface area (Å²) in [5, 5.41) is 0.844. The van der Waals surface area contributed by atoms with Gasteiger partial charge >= 0.3 is 0 Å². The maximum atomic E-state index is 13.3. The summed E-state index contributed by atoms with van der Waals surface area (Å²) in [5.41, 5.74) is 2.21. The van der Waals surface area contributed by atoms with Crippen LogP contribution in [0.2, 0.25) is 0 Å². The number of fused-ring (bicyclic) bond motifs is 1. The molecule has 0 atom stereocenters. The summed E-state index contributed by atoms with van der Waals surface area (Å²) in [6, 6.07) is 6.29. The lowest BCUT2D eigenvalue weighted by atomic mass is 9.88. The van der Waals surface area contributed by atoms with E-state index < -0.39 is 0 Å². The normalized spacial score (nSPS) is 14.8. The third kappa shape index (κ3) is 4.73. The van der Waals surface area contributed by atoms with Gasteiger partial charge in [0, 0.05) is 31.4 Å². The predicted octanol–water partition coefficient (Wildman–Crippen LogP) is 5.23. The van der Waals surface area contributed by atoms with E-state index in [-0.39, 0.29) is 24.2 Å². The number of aromatic nitrogens is 3. The zero-order valence-corrected chi connectivity index (χ0v) is 17.8. The van der Waals surface area contributed by atoms with Gasteiger partial charge in [-0.1, -0.05) is 36.7 Å². The first-order valence-corrected chi connectivity index (χ1v) is 10.7. The van der Waals surface area contributed by atoms with Crippen molar-refractivity contribution in [3.8, 4) is 0 Å². The molecule has 5 nitrogen and oxygen atoms in total. The van der Waals surface area contributed by atoms with Crippen LogP contribution in [0.3, 0.4) is 0 Å². The second-order valence-corrected chi connectivity index (χ2v) is 8.46. The molecule has 28 heavy (non-hydrogen) atoms. The summed E-state index contributed by atoms with van der Waals surface area (Å²) in [4.78, 5) is 24.1. The standard InChI is InChI=1S/C21H26N4OS.ClH/c1-16-8-9-18-19(14-16)27-21(23-18)25(12-5-11-24-13-10-22-15-24)20(26)17-6-3-2-4-7-17;/h8-10,13-15,17H,2-7,11-12H2,1H3;1H. The number of halogens is 1. The molecule has 0 spiro atoms. The van der Waals surface area contributed by atoms with E-state index in [0.29, 0.717) is 6.54 Å². The molecule has 7 heteroatoms. The van der Waals surface area contributed by atoms with Crippen molar-refractivity contribution in [1.82, 2.24) is 14.5 Å². The summed E-state index contributed by atoms with van der Waals surface area (Å²) in [6.07, 6.45) is 12.1. The van der Waals surface area contributed by atoms with E-state index in [9.17, 15) is 4.79 Å². The topological polar surface area (TPSA) is 51.0 Å². The van der Waals surface area contributed by atoms with Gasteiger partial charge < -0.3 is 4.57 Å². The summed E-state index contributed by atoms with van der Waals surface area (Å²) < 4.78 is 3.21. The lowest BCUT2D eigenvalue weighted by molar-refractivity contribution is -0.123. The number of amides is 1. The second-order valence-electron chi connectivity index (χ2n) is 7.45. The Morgan fingerprint density at radius 3 is 2.86 bits per heavy atom. The van der Waals surface area contributed by atoms with Crippen LogP contribution in [0.4, 0.5) is 5.13 Å². The Bertz CT molecular complexity index is 902. The lowest BCUT2D eigenvalue weighted by Crippen LogP contribution is -2.38. The number of imidazole rings is 1. The molecule has 1 aliphatic carbocycles. The number of rotatable bonds is 6. The fraction of sp³-hybridized carbons (Fsp3) is 0.476. The molecule has 1 saturated carbocycles. The van der Waals surface area contributed by atoms with E-state index in [1.165, 1.54) is 24.8 Å². The number of nitrogens with zero attached hydrogens (tertiary/aromatic N) is 4. The van der Waals surface area contributed by atoms with E-state index in [1.54, 1.807) is 17.5 Å². The molecule has 1 amide bonds. The minimum Gasteiger partial charge on any atom is -0.337 e. The van der Waals surface area contributed by atoms with Crippen LogP contribution in [0, 0.1) is 12.8 Å². The van der Waals surface area contributed by atoms with Crippen LogP contribution in [0.25, 0.3) is 10.2 Å². The van der Waals surface area contributed by atoms with Gasteiger partial charge in [-0.15, -0.1) is 12.4 Å². The van der Waals surface area contributed by atoms with Crippen molar-refractivity contribution in [2.45, 2.75) is 52.0 Å². The largest absolute Gasteiger partial charge is 0.337 e. The van der Waals surface area contributed by atoms with Crippen LogP contribution >= 0.6 is 23.7 Å². The first-order valence-electron chi connectivity index (χ1n) is 9.85. The number of anilines is 1. The molecule has 1 aromatic carbocycles. The van der Waals surface area contributed by atoms with Gasteiger partial charge in [0.05, 0.1) is 16.5 Å². The van der Waals surface area contributed by atoms with Gasteiger partial charge in [-0.2, -0.15) is 0 Å². The van der Waals surface area contributed by atoms with E-state index in [1.807, 2.05) is 17.4 Å². The fourth-order valence-corrected chi connectivity index (χ4v) is 4.93. The maximum absolute atomic E-state index is 13.3. The Morgan fingerprint density at radius 2 is 2.11 bits per heavy atom. The molecule has 1 fully saturated rings. The summed E-state index contributed by atoms with van der Waals surface area (Å²) in [7, 11) is 0. The van der Waals surface area contributed by atoms with E-state index in [0.717, 1.165) is 41.2 Å². The molecule has 2 aromatic heterocycles. The summed E-state index contributed by atoms with van der Waals surface area (Å²) >= 11 is 1.63. The molecule has 2 heterocycles. The van der Waals surface area contributed by atoms with E-state index in [4.69, 9.17) is 4.98 Å². The van der Waals surface area contributed by atoms with Crippen molar-refractivity contribution in [3.05, 3.63) is 42.5 Å². The summed E-state index contributed by atoms with van der Waals surface area (Å²) in [5.74, 6) is 0.414. The third-order valence-electron chi connectivity index (χ3n) is 5.34. The highest BCUT2D eigenvalue weighted by molar-refractivity contribution is 7.22. The molecule has 3 aromatic rings. The molecule has 0 bridgehead atoms. The number of carbonyl (C=O) groups excluding carboxylic acids is 1. The second kappa shape index (κ2) is 9.52. The molecule has 4 rings (SSSR count). The third-order valence-corrected chi connectivity index (χ3v) is 6.38. The van der Waals surface area contributed by atoms with Gasteiger partial charge in [-0.05, 0) is 43.9 Å². The zero-order valence-electron chi connectivity index (χ0n) is 16.2. The smallest absolute Gasteiger partial charge is 0.231 e. The maximum Gasteiger partial charge on any atom is 0.231 e. The highest BCUT2D eigenvalue weighted by Gasteiger charge is 2.28. The lowest BCUT2D eigenvalue weighted by Gasteiger charge is -2.27. The van der Waals surface area contributed by atoms with Crippen molar-refractivity contribution in [3.63, 3.8) is 0 Å². The number of carbonyl (C=O) groups is 1. The van der Waals surface area contributed by atoms with Crippen LogP contribution in [-0.4, -0.2) is 27.0 Å². The average molecular weight is 419 g/mol. The molecular formula is C21H27ClN4OS. The Balaban J connectivity index is 0.00000225. The highest BCUT2D eigenvalue weighted by Crippen LogP contribution is 2.33. The van der Waals surface area contributed by atoms with Gasteiger partial charge in [0.15, 0.2) is 5.13 Å². The van der Waals surface area contributed by atoms with Crippen molar-refractivity contribution >= 4 is 45.0 Å². The molecule has 0 N–H and O–H groups in total. The van der Waals surface area contributed by atoms with Gasteiger partial charge in [-0.3, -0.25) is 9.69 Å². The van der Waals surface area contributed by atoms with Gasteiger partial charge in [0.2, 0.25) is 5.91 Å². The molecule has 0 saturated heterocycles. The molecule has 0 unspecified atom stereocenters. The number of aryl methyl sites for hydroxylation is 2.